The van der Waals surface area contributed by atoms with Gasteiger partial charge in [-0.25, -0.2) is 0 Å². The number of benzene rings is 2. The molecular weight excluding hydrogens is 341 g/mol. The van der Waals surface area contributed by atoms with Crippen molar-refractivity contribution in [3.05, 3.63) is 51.6 Å². The predicted molar refractivity (Wildman–Crippen MR) is 81.8 cm³/mol. The summed E-state index contributed by atoms with van der Waals surface area (Å²) in [4.78, 5) is 11.1. The first kappa shape index (κ1) is 12.7. The molecule has 0 atom stereocenters. The molecule has 0 radical (unpaired) electrons. The minimum atomic E-state index is -0.472. The highest BCUT2D eigenvalue weighted by Crippen LogP contribution is 2.25. The molecule has 2 rings (SSSR count). The smallest absolute Gasteiger partial charge is 0.248 e. The fourth-order valence-electron chi connectivity index (χ4n) is 1.54. The monoisotopic (exact) mass is 353 g/mol. The molecule has 18 heavy (non-hydrogen) atoms. The van der Waals surface area contributed by atoms with Crippen LogP contribution >= 0.6 is 22.6 Å². The van der Waals surface area contributed by atoms with Gasteiger partial charge in [0.1, 0.15) is 0 Å². The minimum Gasteiger partial charge on any atom is -0.397 e. The maximum absolute atomic E-state index is 11.1. The number of primary amides is 1. The summed E-state index contributed by atoms with van der Waals surface area (Å²) in [5, 5.41) is 3.17. The Labute approximate surface area is 119 Å². The van der Waals surface area contributed by atoms with Crippen molar-refractivity contribution >= 4 is 45.6 Å². The van der Waals surface area contributed by atoms with Crippen molar-refractivity contribution in [1.82, 2.24) is 0 Å². The number of nitrogen functional groups attached to an aromatic ring is 1. The number of anilines is 3. The van der Waals surface area contributed by atoms with Crippen LogP contribution in [0.4, 0.5) is 17.1 Å². The quantitative estimate of drug-likeness (QED) is 0.586. The fraction of sp³-hybridized carbons (Fsp3) is 0. The normalized spacial score (nSPS) is 10.1. The van der Waals surface area contributed by atoms with Gasteiger partial charge in [-0.05, 0) is 59.0 Å². The lowest BCUT2D eigenvalue weighted by Crippen LogP contribution is -2.11. The summed E-state index contributed by atoms with van der Waals surface area (Å²) in [5.74, 6) is -0.472. The second-order valence-electron chi connectivity index (χ2n) is 3.80. The molecule has 0 aromatic heterocycles. The Hall–Kier alpha value is -1.76. The van der Waals surface area contributed by atoms with E-state index >= 15 is 0 Å². The number of amides is 1. The molecule has 0 aliphatic heterocycles. The van der Waals surface area contributed by atoms with Gasteiger partial charge < -0.3 is 16.8 Å². The zero-order valence-electron chi connectivity index (χ0n) is 9.48. The molecule has 0 saturated heterocycles. The lowest BCUT2D eigenvalue weighted by Gasteiger charge is -2.10. The fourth-order valence-corrected chi connectivity index (χ4v) is 2.08. The van der Waals surface area contributed by atoms with Crippen molar-refractivity contribution in [2.75, 3.05) is 11.1 Å². The maximum Gasteiger partial charge on any atom is 0.248 e. The summed E-state index contributed by atoms with van der Waals surface area (Å²) in [6.07, 6.45) is 0. The van der Waals surface area contributed by atoms with E-state index in [1.807, 2.05) is 24.3 Å². The van der Waals surface area contributed by atoms with E-state index in [1.54, 1.807) is 18.2 Å². The second kappa shape index (κ2) is 5.26. The Morgan fingerprint density at radius 1 is 1.17 bits per heavy atom. The van der Waals surface area contributed by atoms with Gasteiger partial charge in [-0.1, -0.05) is 6.07 Å². The average Bonchev–Trinajstić information content (AvgIpc) is 2.31. The van der Waals surface area contributed by atoms with Gasteiger partial charge in [-0.15, -0.1) is 0 Å². The molecule has 0 spiro atoms. The van der Waals surface area contributed by atoms with Crippen LogP contribution in [-0.4, -0.2) is 5.91 Å². The van der Waals surface area contributed by atoms with Crippen LogP contribution < -0.4 is 16.8 Å². The number of nitrogens with one attached hydrogen (secondary N) is 1. The average molecular weight is 353 g/mol. The predicted octanol–water partition coefficient (Wildman–Crippen LogP) is 2.72. The number of halogens is 1. The summed E-state index contributed by atoms with van der Waals surface area (Å²) in [6.45, 7) is 0. The van der Waals surface area contributed by atoms with E-state index in [9.17, 15) is 4.79 Å². The summed E-state index contributed by atoms with van der Waals surface area (Å²) < 4.78 is 1.11. The number of hydrogen-bond acceptors (Lipinski definition) is 3. The first-order valence-corrected chi connectivity index (χ1v) is 6.36. The van der Waals surface area contributed by atoms with Crippen LogP contribution in [-0.2, 0) is 0 Å². The molecule has 0 heterocycles. The van der Waals surface area contributed by atoms with Crippen LogP contribution in [0.3, 0.4) is 0 Å². The third-order valence-corrected chi connectivity index (χ3v) is 3.11. The van der Waals surface area contributed by atoms with E-state index in [0.29, 0.717) is 16.9 Å². The molecule has 0 saturated carbocycles. The molecule has 4 nitrogen and oxygen atoms in total. The molecule has 5 N–H and O–H groups in total. The van der Waals surface area contributed by atoms with E-state index in [1.165, 1.54) is 0 Å². The van der Waals surface area contributed by atoms with Crippen LogP contribution in [0.25, 0.3) is 0 Å². The highest BCUT2D eigenvalue weighted by molar-refractivity contribution is 14.1. The topological polar surface area (TPSA) is 81.1 Å². The Bertz CT molecular complexity index is 599. The molecule has 0 fully saturated rings. The highest BCUT2D eigenvalue weighted by Gasteiger charge is 2.05. The first-order chi connectivity index (χ1) is 8.56. The van der Waals surface area contributed by atoms with E-state index < -0.39 is 5.91 Å². The third kappa shape index (κ3) is 2.92. The van der Waals surface area contributed by atoms with Crippen LogP contribution in [0.1, 0.15) is 10.4 Å². The lowest BCUT2D eigenvalue weighted by molar-refractivity contribution is 0.100. The summed E-state index contributed by atoms with van der Waals surface area (Å²) >= 11 is 2.23. The molecule has 92 valence electrons. The molecular formula is C13H12IN3O. The SMILES string of the molecule is NC(=O)c1ccc(N)c(Nc2cccc(I)c2)c1. The van der Waals surface area contributed by atoms with Gasteiger partial charge in [-0.2, -0.15) is 0 Å². The molecule has 0 aliphatic carbocycles. The molecule has 0 aliphatic rings. The third-order valence-electron chi connectivity index (χ3n) is 2.44. The largest absolute Gasteiger partial charge is 0.397 e. The van der Waals surface area contributed by atoms with Crippen molar-refractivity contribution in [1.29, 1.82) is 0 Å². The van der Waals surface area contributed by atoms with Gasteiger partial charge in [0.25, 0.3) is 0 Å². The van der Waals surface area contributed by atoms with Crippen LogP contribution in [0.2, 0.25) is 0 Å². The van der Waals surface area contributed by atoms with Crippen molar-refractivity contribution in [2.24, 2.45) is 5.73 Å². The van der Waals surface area contributed by atoms with Crippen LogP contribution in [0, 0.1) is 3.57 Å². The standard InChI is InChI=1S/C13H12IN3O/c14-9-2-1-3-10(7-9)17-12-6-8(13(16)18)4-5-11(12)15/h1-7,17H,15H2,(H2,16,18). The van der Waals surface area contributed by atoms with Crippen molar-refractivity contribution < 1.29 is 4.79 Å². The van der Waals surface area contributed by atoms with E-state index in [-0.39, 0.29) is 0 Å². The van der Waals surface area contributed by atoms with Gasteiger partial charge >= 0.3 is 0 Å². The molecule has 0 bridgehead atoms. The van der Waals surface area contributed by atoms with Crippen LogP contribution in [0.15, 0.2) is 42.5 Å². The number of carbonyl (C=O) groups excluding carboxylic acids is 1. The Morgan fingerprint density at radius 2 is 1.94 bits per heavy atom. The molecule has 2 aromatic rings. The summed E-state index contributed by atoms with van der Waals surface area (Å²) in [5.41, 5.74) is 13.7. The van der Waals surface area contributed by atoms with Gasteiger partial charge in [0.2, 0.25) is 5.91 Å². The Kier molecular flexibility index (Phi) is 3.71. The van der Waals surface area contributed by atoms with Gasteiger partial charge in [0, 0.05) is 14.8 Å². The van der Waals surface area contributed by atoms with E-state index in [4.69, 9.17) is 11.5 Å². The van der Waals surface area contributed by atoms with E-state index in [2.05, 4.69) is 27.9 Å². The summed E-state index contributed by atoms with van der Waals surface area (Å²) in [6, 6.07) is 12.8. The maximum atomic E-state index is 11.1. The van der Waals surface area contributed by atoms with Crippen LogP contribution in [0.5, 0.6) is 0 Å². The number of nitrogens with two attached hydrogens (primary N) is 2. The lowest BCUT2D eigenvalue weighted by atomic mass is 10.1. The Morgan fingerprint density at radius 3 is 2.61 bits per heavy atom. The number of carbonyl (C=O) groups is 1. The van der Waals surface area contributed by atoms with Gasteiger partial charge in [-0.3, -0.25) is 4.79 Å². The number of rotatable bonds is 3. The van der Waals surface area contributed by atoms with Crippen molar-refractivity contribution in [2.45, 2.75) is 0 Å². The van der Waals surface area contributed by atoms with Gasteiger partial charge in [0.05, 0.1) is 11.4 Å². The zero-order valence-corrected chi connectivity index (χ0v) is 11.6. The first-order valence-electron chi connectivity index (χ1n) is 5.28. The minimum absolute atomic E-state index is 0.428. The van der Waals surface area contributed by atoms with Crippen molar-refractivity contribution in [3.63, 3.8) is 0 Å². The van der Waals surface area contributed by atoms with Crippen molar-refractivity contribution in [3.8, 4) is 0 Å². The second-order valence-corrected chi connectivity index (χ2v) is 5.05. The zero-order chi connectivity index (χ0) is 13.1. The number of hydrogen-bond donors (Lipinski definition) is 3. The molecule has 5 heteroatoms. The highest BCUT2D eigenvalue weighted by atomic mass is 127. The molecule has 2 aromatic carbocycles. The molecule has 0 unspecified atom stereocenters. The Balaban J connectivity index is 2.33. The summed E-state index contributed by atoms with van der Waals surface area (Å²) in [7, 11) is 0. The molecule has 1 amide bonds. The van der Waals surface area contributed by atoms with Gasteiger partial charge in [0.15, 0.2) is 0 Å². The van der Waals surface area contributed by atoms with E-state index in [0.717, 1.165) is 9.26 Å².